The lowest BCUT2D eigenvalue weighted by atomic mass is 10.1. The summed E-state index contributed by atoms with van der Waals surface area (Å²) < 4.78 is 74.4. The van der Waals surface area contributed by atoms with Gasteiger partial charge in [0.1, 0.15) is 11.8 Å². The summed E-state index contributed by atoms with van der Waals surface area (Å²) in [6.45, 7) is 5.14. The fourth-order valence-corrected chi connectivity index (χ4v) is 5.95. The Morgan fingerprint density at radius 2 is 1.68 bits per heavy atom. The highest BCUT2D eigenvalue weighted by Gasteiger charge is 2.33. The first-order valence-corrected chi connectivity index (χ1v) is 14.5. The lowest BCUT2D eigenvalue weighted by molar-refractivity contribution is -0.137. The summed E-state index contributed by atoms with van der Waals surface area (Å²) in [6.07, 6.45) is -4.31. The van der Waals surface area contributed by atoms with Gasteiger partial charge in [-0.15, -0.1) is 0 Å². The molecule has 1 heterocycles. The Balaban J connectivity index is 1.51. The highest BCUT2D eigenvalue weighted by Crippen LogP contribution is 2.32. The van der Waals surface area contributed by atoms with Crippen molar-refractivity contribution < 1.29 is 31.1 Å². The van der Waals surface area contributed by atoms with E-state index in [4.69, 9.17) is 4.74 Å². The lowest BCUT2D eigenvalue weighted by Crippen LogP contribution is -2.55. The van der Waals surface area contributed by atoms with Gasteiger partial charge in [-0.05, 0) is 67.8 Å². The van der Waals surface area contributed by atoms with Crippen LogP contribution in [-0.4, -0.2) is 58.1 Å². The fourth-order valence-electron chi connectivity index (χ4n) is 4.68. The normalized spacial score (nSPS) is 15.1. The number of sulfonamides is 1. The molecular formula is C29H32F3N3O4S. The van der Waals surface area contributed by atoms with Crippen LogP contribution in [-0.2, 0) is 27.4 Å². The molecule has 1 aliphatic rings. The molecule has 1 aliphatic heterocycles. The zero-order valence-electron chi connectivity index (χ0n) is 22.3. The second-order valence-electron chi connectivity index (χ2n) is 9.58. The molecule has 1 fully saturated rings. The van der Waals surface area contributed by atoms with Crippen LogP contribution in [0.5, 0.6) is 5.75 Å². The van der Waals surface area contributed by atoms with Gasteiger partial charge in [0.15, 0.2) is 0 Å². The predicted octanol–water partition coefficient (Wildman–Crippen LogP) is 4.65. The minimum atomic E-state index is -4.45. The number of benzene rings is 3. The maximum Gasteiger partial charge on any atom is 0.416 e. The van der Waals surface area contributed by atoms with Gasteiger partial charge in [0.05, 0.1) is 17.1 Å². The number of rotatable bonds is 9. The van der Waals surface area contributed by atoms with E-state index in [0.29, 0.717) is 36.7 Å². The van der Waals surface area contributed by atoms with Crippen LogP contribution in [0.1, 0.15) is 23.6 Å². The molecule has 0 unspecified atom stereocenters. The first-order valence-electron chi connectivity index (χ1n) is 13.0. The van der Waals surface area contributed by atoms with E-state index in [2.05, 4.69) is 4.72 Å². The van der Waals surface area contributed by atoms with Crippen molar-refractivity contribution in [2.75, 3.05) is 37.7 Å². The van der Waals surface area contributed by atoms with E-state index in [0.717, 1.165) is 17.7 Å². The largest absolute Gasteiger partial charge is 0.494 e. The first kappa shape index (κ1) is 29.4. The van der Waals surface area contributed by atoms with Crippen LogP contribution in [0.3, 0.4) is 0 Å². The molecule has 214 valence electrons. The van der Waals surface area contributed by atoms with E-state index in [1.165, 1.54) is 18.2 Å². The van der Waals surface area contributed by atoms with E-state index in [1.807, 2.05) is 37.3 Å². The number of piperazine rings is 1. The van der Waals surface area contributed by atoms with Crippen molar-refractivity contribution in [1.29, 1.82) is 0 Å². The molecule has 3 aromatic rings. The second kappa shape index (κ2) is 12.3. The number of anilines is 1. The number of hydrogen-bond donors (Lipinski definition) is 1. The number of nitrogens with one attached hydrogen (secondary N) is 1. The van der Waals surface area contributed by atoms with Crippen LogP contribution in [0.4, 0.5) is 18.9 Å². The van der Waals surface area contributed by atoms with Crippen LogP contribution in [0.15, 0.2) is 77.7 Å². The number of alkyl halides is 3. The maximum atomic E-state index is 13.7. The summed E-state index contributed by atoms with van der Waals surface area (Å²) in [5.41, 5.74) is 1.13. The molecule has 4 rings (SSSR count). The van der Waals surface area contributed by atoms with Gasteiger partial charge in [-0.25, -0.2) is 8.42 Å². The monoisotopic (exact) mass is 575 g/mol. The zero-order chi connectivity index (χ0) is 28.9. The van der Waals surface area contributed by atoms with Crippen molar-refractivity contribution in [3.63, 3.8) is 0 Å². The Kier molecular flexibility index (Phi) is 9.05. The number of amides is 1. The molecule has 1 N–H and O–H groups in total. The predicted molar refractivity (Wildman–Crippen MR) is 147 cm³/mol. The highest BCUT2D eigenvalue weighted by molar-refractivity contribution is 7.89. The Hall–Kier alpha value is -3.57. The van der Waals surface area contributed by atoms with Crippen molar-refractivity contribution in [3.05, 3.63) is 89.5 Å². The van der Waals surface area contributed by atoms with E-state index >= 15 is 0 Å². The number of ether oxygens (including phenoxy) is 1. The zero-order valence-corrected chi connectivity index (χ0v) is 23.1. The number of halogens is 3. The number of nitrogens with zero attached hydrogens (tertiary/aromatic N) is 2. The van der Waals surface area contributed by atoms with Crippen LogP contribution in [0.25, 0.3) is 0 Å². The fraction of sp³-hybridized carbons (Fsp3) is 0.345. The third kappa shape index (κ3) is 7.14. The van der Waals surface area contributed by atoms with Crippen LogP contribution in [0, 0.1) is 6.92 Å². The van der Waals surface area contributed by atoms with Gasteiger partial charge >= 0.3 is 6.18 Å². The Bertz CT molecular complexity index is 1420. The van der Waals surface area contributed by atoms with E-state index in [-0.39, 0.29) is 24.4 Å². The molecule has 0 aliphatic carbocycles. The molecule has 1 saturated heterocycles. The molecule has 7 nitrogen and oxygen atoms in total. The smallest absolute Gasteiger partial charge is 0.416 e. The SMILES string of the molecule is CCOc1ccc(S(=O)(=O)N[C@H](Cc2ccccc2)C(=O)N2CCN(c3cccc(C(F)(F)F)c3)CC2)cc1C. The summed E-state index contributed by atoms with van der Waals surface area (Å²) in [7, 11) is -4.06. The highest BCUT2D eigenvalue weighted by atomic mass is 32.2. The van der Waals surface area contributed by atoms with E-state index in [9.17, 15) is 26.4 Å². The standard InChI is InChI=1S/C29H32F3N3O4S/c1-3-39-27-13-12-25(18-21(27)2)40(37,38)33-26(19-22-8-5-4-6-9-22)28(36)35-16-14-34(15-17-35)24-11-7-10-23(20-24)29(30,31)32/h4-13,18,20,26,33H,3,14-17,19H2,1-2H3/t26-/m1/s1. The summed E-state index contributed by atoms with van der Waals surface area (Å²) in [5.74, 6) is 0.191. The van der Waals surface area contributed by atoms with Gasteiger partial charge in [0, 0.05) is 31.9 Å². The van der Waals surface area contributed by atoms with Crippen LogP contribution < -0.4 is 14.4 Å². The van der Waals surface area contributed by atoms with Crippen molar-refractivity contribution in [2.45, 2.75) is 37.4 Å². The number of aryl methyl sites for hydroxylation is 1. The average molecular weight is 576 g/mol. The summed E-state index contributed by atoms with van der Waals surface area (Å²) in [6, 6.07) is 17.7. The molecule has 0 bridgehead atoms. The summed E-state index contributed by atoms with van der Waals surface area (Å²) in [5, 5.41) is 0. The maximum absolute atomic E-state index is 13.7. The number of carbonyl (C=O) groups is 1. The van der Waals surface area contributed by atoms with Gasteiger partial charge in [0.25, 0.3) is 0 Å². The van der Waals surface area contributed by atoms with Gasteiger partial charge in [-0.2, -0.15) is 17.9 Å². The Morgan fingerprint density at radius 3 is 2.30 bits per heavy atom. The molecule has 0 radical (unpaired) electrons. The second-order valence-corrected chi connectivity index (χ2v) is 11.3. The summed E-state index contributed by atoms with van der Waals surface area (Å²) >= 11 is 0. The minimum absolute atomic E-state index is 0.0219. The Morgan fingerprint density at radius 1 is 0.975 bits per heavy atom. The van der Waals surface area contributed by atoms with Crippen molar-refractivity contribution in [3.8, 4) is 5.75 Å². The van der Waals surface area contributed by atoms with Crippen molar-refractivity contribution in [1.82, 2.24) is 9.62 Å². The quantitative estimate of drug-likeness (QED) is 0.402. The first-order chi connectivity index (χ1) is 19.0. The van der Waals surface area contributed by atoms with Crippen LogP contribution in [0.2, 0.25) is 0 Å². The van der Waals surface area contributed by atoms with Gasteiger partial charge < -0.3 is 14.5 Å². The van der Waals surface area contributed by atoms with Gasteiger partial charge in [-0.1, -0.05) is 36.4 Å². The lowest BCUT2D eigenvalue weighted by Gasteiger charge is -2.38. The number of carbonyl (C=O) groups excluding carboxylic acids is 1. The van der Waals surface area contributed by atoms with Gasteiger partial charge in [-0.3, -0.25) is 4.79 Å². The molecule has 1 amide bonds. The van der Waals surface area contributed by atoms with Gasteiger partial charge in [0.2, 0.25) is 15.9 Å². The molecule has 40 heavy (non-hydrogen) atoms. The van der Waals surface area contributed by atoms with Crippen molar-refractivity contribution in [2.24, 2.45) is 0 Å². The molecule has 11 heteroatoms. The van der Waals surface area contributed by atoms with Crippen molar-refractivity contribution >= 4 is 21.6 Å². The third-order valence-corrected chi connectivity index (χ3v) is 8.23. The molecule has 0 aromatic heterocycles. The molecule has 0 saturated carbocycles. The number of hydrogen-bond acceptors (Lipinski definition) is 5. The minimum Gasteiger partial charge on any atom is -0.494 e. The Labute approximate surface area is 232 Å². The third-order valence-electron chi connectivity index (χ3n) is 6.76. The molecule has 1 atom stereocenters. The van der Waals surface area contributed by atoms with Crippen LogP contribution >= 0.6 is 0 Å². The van der Waals surface area contributed by atoms with E-state index < -0.39 is 33.7 Å². The summed E-state index contributed by atoms with van der Waals surface area (Å²) in [4.78, 5) is 17.0. The average Bonchev–Trinajstić information content (AvgIpc) is 2.93. The molecule has 0 spiro atoms. The molecule has 3 aromatic carbocycles. The topological polar surface area (TPSA) is 78.9 Å². The molecular weight excluding hydrogens is 543 g/mol. The van der Waals surface area contributed by atoms with E-state index in [1.54, 1.807) is 28.9 Å².